The summed E-state index contributed by atoms with van der Waals surface area (Å²) in [6, 6.07) is 19.7. The van der Waals surface area contributed by atoms with Crippen LogP contribution in [0.5, 0.6) is 5.75 Å². The minimum Gasteiger partial charge on any atom is -0.497 e. The Bertz CT molecular complexity index is 1560. The van der Waals surface area contributed by atoms with Crippen LogP contribution in [0.15, 0.2) is 83.9 Å². The van der Waals surface area contributed by atoms with Crippen LogP contribution in [0.4, 0.5) is 15.8 Å². The Balaban J connectivity index is 1.28. The van der Waals surface area contributed by atoms with Gasteiger partial charge in [-0.1, -0.05) is 24.3 Å². The molecule has 1 amide bonds. The van der Waals surface area contributed by atoms with Crippen LogP contribution in [0.2, 0.25) is 0 Å². The minimum absolute atomic E-state index is 0.0564. The van der Waals surface area contributed by atoms with Crippen LogP contribution in [0.3, 0.4) is 0 Å². The van der Waals surface area contributed by atoms with Gasteiger partial charge in [0.25, 0.3) is 15.9 Å². The average Bonchev–Trinajstić information content (AvgIpc) is 2.93. The van der Waals surface area contributed by atoms with Crippen molar-refractivity contribution in [2.75, 3.05) is 42.9 Å². The molecule has 1 aromatic heterocycles. The van der Waals surface area contributed by atoms with Crippen LogP contribution in [-0.2, 0) is 10.0 Å². The number of para-hydroxylation sites is 1. The summed E-state index contributed by atoms with van der Waals surface area (Å²) in [4.78, 5) is 21.0. The maximum Gasteiger partial charge on any atom is 0.264 e. The second-order valence-corrected chi connectivity index (χ2v) is 10.3. The number of carbonyl (C=O) groups excluding carboxylic acids is 1. The Kier molecular flexibility index (Phi) is 6.66. The van der Waals surface area contributed by atoms with Crippen LogP contribution < -0.4 is 14.4 Å². The van der Waals surface area contributed by atoms with E-state index in [0.717, 1.165) is 17.5 Å². The first-order valence-corrected chi connectivity index (χ1v) is 13.2. The van der Waals surface area contributed by atoms with Crippen molar-refractivity contribution in [3.8, 4) is 5.75 Å². The average molecular weight is 521 g/mol. The number of pyridine rings is 1. The number of anilines is 2. The normalized spacial score (nSPS) is 14.0. The summed E-state index contributed by atoms with van der Waals surface area (Å²) in [6.45, 7) is 2.19. The molecule has 4 aromatic rings. The monoisotopic (exact) mass is 520 g/mol. The molecule has 8 nitrogen and oxygen atoms in total. The van der Waals surface area contributed by atoms with Crippen molar-refractivity contribution in [2.24, 2.45) is 0 Å². The number of fused-ring (bicyclic) bond motifs is 1. The van der Waals surface area contributed by atoms with Crippen molar-refractivity contribution in [3.05, 3.63) is 90.4 Å². The quantitative estimate of drug-likeness (QED) is 0.411. The molecule has 5 rings (SSSR count). The van der Waals surface area contributed by atoms with Gasteiger partial charge >= 0.3 is 0 Å². The lowest BCUT2D eigenvalue weighted by Crippen LogP contribution is -2.48. The van der Waals surface area contributed by atoms with Crippen molar-refractivity contribution in [2.45, 2.75) is 4.90 Å². The Hall–Kier alpha value is -4.18. The molecular weight excluding hydrogens is 495 g/mol. The maximum absolute atomic E-state index is 15.0. The molecule has 0 bridgehead atoms. The Morgan fingerprint density at radius 2 is 1.73 bits per heavy atom. The second kappa shape index (κ2) is 10.1. The van der Waals surface area contributed by atoms with Crippen molar-refractivity contribution in [1.82, 2.24) is 9.88 Å². The number of benzene rings is 3. The molecule has 0 unspecified atom stereocenters. The summed E-state index contributed by atoms with van der Waals surface area (Å²) < 4.78 is 48.6. The molecule has 1 saturated heterocycles. The third-order valence-corrected chi connectivity index (χ3v) is 7.73. The lowest BCUT2D eigenvalue weighted by Gasteiger charge is -2.36. The van der Waals surface area contributed by atoms with Gasteiger partial charge in [0.1, 0.15) is 16.5 Å². The summed E-state index contributed by atoms with van der Waals surface area (Å²) >= 11 is 0. The number of aromatic nitrogens is 1. The number of amides is 1. The summed E-state index contributed by atoms with van der Waals surface area (Å²) in [5.74, 6) is -0.381. The van der Waals surface area contributed by atoms with E-state index in [4.69, 9.17) is 4.74 Å². The summed E-state index contributed by atoms with van der Waals surface area (Å²) in [5, 5.41) is 0.651. The fourth-order valence-electron chi connectivity index (χ4n) is 4.38. The number of rotatable bonds is 6. The highest BCUT2D eigenvalue weighted by molar-refractivity contribution is 7.93. The first kappa shape index (κ1) is 24.5. The fourth-order valence-corrected chi connectivity index (χ4v) is 5.63. The lowest BCUT2D eigenvalue weighted by atomic mass is 10.1. The molecule has 10 heteroatoms. The number of carbonyl (C=O) groups is 1. The summed E-state index contributed by atoms with van der Waals surface area (Å²) in [6.07, 6.45) is 1.50. The van der Waals surface area contributed by atoms with Crippen molar-refractivity contribution in [1.29, 1.82) is 0 Å². The van der Waals surface area contributed by atoms with E-state index < -0.39 is 15.8 Å². The Morgan fingerprint density at radius 1 is 0.973 bits per heavy atom. The van der Waals surface area contributed by atoms with Gasteiger partial charge in [0.15, 0.2) is 0 Å². The van der Waals surface area contributed by atoms with E-state index in [1.807, 2.05) is 24.3 Å². The van der Waals surface area contributed by atoms with Gasteiger partial charge in [-0.2, -0.15) is 0 Å². The number of methoxy groups -OCH3 is 1. The fraction of sp³-hybridized carbons (Fsp3) is 0.185. The zero-order valence-corrected chi connectivity index (χ0v) is 20.9. The smallest absolute Gasteiger partial charge is 0.264 e. The Morgan fingerprint density at radius 3 is 2.49 bits per heavy atom. The third kappa shape index (κ3) is 5.05. The minimum atomic E-state index is -4.12. The molecule has 0 spiro atoms. The summed E-state index contributed by atoms with van der Waals surface area (Å²) in [5.41, 5.74) is 1.21. The van der Waals surface area contributed by atoms with Gasteiger partial charge in [0.05, 0.1) is 18.3 Å². The van der Waals surface area contributed by atoms with E-state index >= 15 is 0 Å². The number of nitrogens with one attached hydrogen (secondary N) is 1. The lowest BCUT2D eigenvalue weighted by molar-refractivity contribution is 0.0746. The highest BCUT2D eigenvalue weighted by Crippen LogP contribution is 2.26. The van der Waals surface area contributed by atoms with Crippen LogP contribution in [0, 0.1) is 5.82 Å². The van der Waals surface area contributed by atoms with Crippen LogP contribution >= 0.6 is 0 Å². The van der Waals surface area contributed by atoms with E-state index in [9.17, 15) is 17.6 Å². The number of halogens is 1. The zero-order valence-electron chi connectivity index (χ0n) is 20.1. The predicted molar refractivity (Wildman–Crippen MR) is 140 cm³/mol. The number of piperazine rings is 1. The van der Waals surface area contributed by atoms with E-state index in [1.165, 1.54) is 24.4 Å². The standard InChI is InChI=1S/C27H25FN4O4S/c1-36-22-8-3-7-21(18-22)31-13-15-32(16-14-31)27(33)20-10-11-24(23(28)17-20)30-37(34,35)25-9-2-5-19-6-4-12-29-26(19)25/h2-12,17-18,30H,13-16H2,1H3. The molecule has 0 radical (unpaired) electrons. The maximum atomic E-state index is 15.0. The van der Waals surface area contributed by atoms with E-state index in [1.54, 1.807) is 36.3 Å². The molecule has 190 valence electrons. The number of hydrogen-bond donors (Lipinski definition) is 1. The number of ether oxygens (including phenoxy) is 1. The van der Waals surface area contributed by atoms with Gasteiger partial charge < -0.3 is 14.5 Å². The highest BCUT2D eigenvalue weighted by Gasteiger charge is 2.25. The molecule has 0 aliphatic carbocycles. The van der Waals surface area contributed by atoms with Gasteiger partial charge in [0, 0.05) is 55.1 Å². The SMILES string of the molecule is COc1cccc(N2CCN(C(=O)c3ccc(NS(=O)(=O)c4cccc5cccnc45)c(F)c3)CC2)c1. The second-order valence-electron chi connectivity index (χ2n) is 8.61. The largest absolute Gasteiger partial charge is 0.497 e. The predicted octanol–water partition coefficient (Wildman–Crippen LogP) is 4.15. The van der Waals surface area contributed by atoms with Crippen LogP contribution in [-0.4, -0.2) is 57.5 Å². The van der Waals surface area contributed by atoms with Gasteiger partial charge in [-0.05, 0) is 42.5 Å². The van der Waals surface area contributed by atoms with Crippen LogP contribution in [0.1, 0.15) is 10.4 Å². The van der Waals surface area contributed by atoms with E-state index in [-0.39, 0.29) is 27.6 Å². The van der Waals surface area contributed by atoms with Gasteiger partial charge in [-0.15, -0.1) is 0 Å². The van der Waals surface area contributed by atoms with E-state index in [0.29, 0.717) is 31.6 Å². The Labute approximate surface area is 214 Å². The summed E-state index contributed by atoms with van der Waals surface area (Å²) in [7, 11) is -2.50. The zero-order chi connectivity index (χ0) is 26.0. The molecule has 3 aromatic carbocycles. The number of nitrogens with zero attached hydrogens (tertiary/aromatic N) is 3. The molecule has 37 heavy (non-hydrogen) atoms. The molecule has 1 N–H and O–H groups in total. The third-order valence-electron chi connectivity index (χ3n) is 6.33. The molecule has 1 aliphatic heterocycles. The van der Waals surface area contributed by atoms with Gasteiger partial charge in [0.2, 0.25) is 0 Å². The van der Waals surface area contributed by atoms with E-state index in [2.05, 4.69) is 14.6 Å². The number of sulfonamides is 1. The number of hydrogen-bond acceptors (Lipinski definition) is 6. The molecule has 1 fully saturated rings. The molecule has 0 saturated carbocycles. The molecule has 0 atom stereocenters. The first-order chi connectivity index (χ1) is 17.9. The highest BCUT2D eigenvalue weighted by atomic mass is 32.2. The van der Waals surface area contributed by atoms with Gasteiger partial charge in [-0.25, -0.2) is 12.8 Å². The van der Waals surface area contributed by atoms with Crippen molar-refractivity contribution < 1.29 is 22.3 Å². The first-order valence-electron chi connectivity index (χ1n) is 11.7. The van der Waals surface area contributed by atoms with Crippen molar-refractivity contribution in [3.63, 3.8) is 0 Å². The van der Waals surface area contributed by atoms with Crippen molar-refractivity contribution >= 4 is 38.2 Å². The topological polar surface area (TPSA) is 91.8 Å². The van der Waals surface area contributed by atoms with Crippen LogP contribution in [0.25, 0.3) is 10.9 Å². The molecule has 1 aliphatic rings. The molecular formula is C27H25FN4O4S. The molecule has 2 heterocycles. The van der Waals surface area contributed by atoms with Gasteiger partial charge in [-0.3, -0.25) is 14.5 Å².